The smallest absolute Gasteiger partial charge is 0.313 e. The van der Waals surface area contributed by atoms with Crippen LogP contribution in [0.25, 0.3) is 10.8 Å². The zero-order valence-electron chi connectivity index (χ0n) is 8.27. The highest BCUT2D eigenvalue weighted by molar-refractivity contribution is 7.99. The Kier molecular flexibility index (Phi) is 2.96. The van der Waals surface area contributed by atoms with Gasteiger partial charge in [-0.2, -0.15) is 0 Å². The van der Waals surface area contributed by atoms with Crippen molar-refractivity contribution < 1.29 is 9.90 Å². The number of aromatic nitrogens is 1. The molecule has 1 heterocycles. The van der Waals surface area contributed by atoms with Crippen LogP contribution in [0.1, 0.15) is 0 Å². The van der Waals surface area contributed by atoms with Gasteiger partial charge in [0.15, 0.2) is 0 Å². The number of hydrogen-bond donors (Lipinski definition) is 2. The average molecular weight is 235 g/mol. The zero-order chi connectivity index (χ0) is 11.5. The van der Waals surface area contributed by atoms with Crippen LogP contribution < -0.4 is 5.56 Å². The van der Waals surface area contributed by atoms with Gasteiger partial charge in [0, 0.05) is 5.39 Å². The predicted octanol–water partition coefficient (Wildman–Crippen LogP) is 1.70. The summed E-state index contributed by atoms with van der Waals surface area (Å²) >= 11 is 1.10. The van der Waals surface area contributed by atoms with Gasteiger partial charge in [-0.1, -0.05) is 30.0 Å². The van der Waals surface area contributed by atoms with Gasteiger partial charge in [0.2, 0.25) is 0 Å². The summed E-state index contributed by atoms with van der Waals surface area (Å²) in [5.74, 6) is -0.965. The van der Waals surface area contributed by atoms with Crippen molar-refractivity contribution in [2.45, 2.75) is 5.03 Å². The lowest BCUT2D eigenvalue weighted by atomic mass is 10.2. The maximum absolute atomic E-state index is 11.6. The SMILES string of the molecule is O=C(O)CSc1cc2ccccc2c(=O)[nH]1. The van der Waals surface area contributed by atoms with Gasteiger partial charge in [0.25, 0.3) is 5.56 Å². The molecule has 2 N–H and O–H groups in total. The summed E-state index contributed by atoms with van der Waals surface area (Å²) in [6, 6.07) is 8.98. The van der Waals surface area contributed by atoms with E-state index in [-0.39, 0.29) is 11.3 Å². The molecule has 0 fully saturated rings. The fraction of sp³-hybridized carbons (Fsp3) is 0.0909. The monoisotopic (exact) mass is 235 g/mol. The van der Waals surface area contributed by atoms with Crippen molar-refractivity contribution in [3.63, 3.8) is 0 Å². The van der Waals surface area contributed by atoms with Gasteiger partial charge in [-0.05, 0) is 17.5 Å². The highest BCUT2D eigenvalue weighted by Crippen LogP contribution is 2.18. The standard InChI is InChI=1S/C11H9NO3S/c13-10(14)6-16-9-5-7-3-1-2-4-8(7)11(15)12-9/h1-5H,6H2,(H,12,15)(H,13,14). The van der Waals surface area contributed by atoms with Gasteiger partial charge in [-0.3, -0.25) is 9.59 Å². The molecule has 0 saturated carbocycles. The molecule has 0 aliphatic carbocycles. The molecule has 2 rings (SSSR count). The third kappa shape index (κ3) is 2.25. The minimum atomic E-state index is -0.904. The molecule has 82 valence electrons. The van der Waals surface area contributed by atoms with Crippen LogP contribution in [0.4, 0.5) is 0 Å². The summed E-state index contributed by atoms with van der Waals surface area (Å²) in [7, 11) is 0. The number of hydrogen-bond acceptors (Lipinski definition) is 3. The molecule has 0 radical (unpaired) electrons. The molecule has 0 bridgehead atoms. The van der Waals surface area contributed by atoms with Crippen molar-refractivity contribution >= 4 is 28.5 Å². The topological polar surface area (TPSA) is 70.2 Å². The van der Waals surface area contributed by atoms with E-state index in [1.165, 1.54) is 0 Å². The van der Waals surface area contributed by atoms with E-state index in [9.17, 15) is 9.59 Å². The van der Waals surface area contributed by atoms with E-state index < -0.39 is 5.97 Å². The molecule has 0 aliphatic rings. The Labute approximate surface area is 95.3 Å². The van der Waals surface area contributed by atoms with E-state index in [0.717, 1.165) is 17.1 Å². The van der Waals surface area contributed by atoms with Gasteiger partial charge in [0.1, 0.15) is 0 Å². The number of aromatic amines is 1. The minimum Gasteiger partial charge on any atom is -0.481 e. The molecule has 2 aromatic rings. The van der Waals surface area contributed by atoms with E-state index >= 15 is 0 Å². The summed E-state index contributed by atoms with van der Waals surface area (Å²) in [6.07, 6.45) is 0. The normalized spacial score (nSPS) is 10.5. The number of H-pyrrole nitrogens is 1. The number of rotatable bonds is 3. The lowest BCUT2D eigenvalue weighted by molar-refractivity contribution is -0.133. The van der Waals surface area contributed by atoms with Crippen LogP contribution in [0.3, 0.4) is 0 Å². The highest BCUT2D eigenvalue weighted by atomic mass is 32.2. The molecular formula is C11H9NO3S. The summed E-state index contributed by atoms with van der Waals surface area (Å²) in [5.41, 5.74) is -0.189. The van der Waals surface area contributed by atoms with E-state index in [0.29, 0.717) is 10.4 Å². The van der Waals surface area contributed by atoms with Crippen molar-refractivity contribution in [2.24, 2.45) is 0 Å². The summed E-state index contributed by atoms with van der Waals surface area (Å²) in [5, 5.41) is 10.6. The fourth-order valence-electron chi connectivity index (χ4n) is 1.40. The molecule has 1 aromatic heterocycles. The summed E-state index contributed by atoms with van der Waals surface area (Å²) in [6.45, 7) is 0. The lowest BCUT2D eigenvalue weighted by Gasteiger charge is -2.01. The van der Waals surface area contributed by atoms with Gasteiger partial charge >= 0.3 is 5.97 Å². The van der Waals surface area contributed by atoms with Crippen LogP contribution in [-0.2, 0) is 4.79 Å². The van der Waals surface area contributed by atoms with E-state index in [2.05, 4.69) is 4.98 Å². The Hall–Kier alpha value is -1.75. The van der Waals surface area contributed by atoms with E-state index in [4.69, 9.17) is 5.11 Å². The second-order valence-corrected chi connectivity index (χ2v) is 4.25. The molecule has 0 atom stereocenters. The minimum absolute atomic E-state index is 0.0612. The maximum atomic E-state index is 11.6. The van der Waals surface area contributed by atoms with Crippen molar-refractivity contribution in [3.8, 4) is 0 Å². The van der Waals surface area contributed by atoms with Crippen molar-refractivity contribution in [2.75, 3.05) is 5.75 Å². The number of aliphatic carboxylic acids is 1. The van der Waals surface area contributed by atoms with Crippen LogP contribution in [0.2, 0.25) is 0 Å². The van der Waals surface area contributed by atoms with Crippen LogP contribution >= 0.6 is 11.8 Å². The van der Waals surface area contributed by atoms with Crippen molar-refractivity contribution in [3.05, 3.63) is 40.7 Å². The van der Waals surface area contributed by atoms with E-state index in [1.54, 1.807) is 18.2 Å². The summed E-state index contributed by atoms with van der Waals surface area (Å²) < 4.78 is 0. The molecule has 0 saturated heterocycles. The lowest BCUT2D eigenvalue weighted by Crippen LogP contribution is -2.07. The Balaban J connectivity index is 2.42. The quantitative estimate of drug-likeness (QED) is 0.794. The van der Waals surface area contributed by atoms with Gasteiger partial charge in [-0.25, -0.2) is 0 Å². The third-order valence-corrected chi connectivity index (χ3v) is 3.00. The average Bonchev–Trinajstić information content (AvgIpc) is 2.26. The van der Waals surface area contributed by atoms with Crippen LogP contribution in [-0.4, -0.2) is 21.8 Å². The number of nitrogens with one attached hydrogen (secondary N) is 1. The Morgan fingerprint density at radius 3 is 2.88 bits per heavy atom. The van der Waals surface area contributed by atoms with Crippen molar-refractivity contribution in [1.82, 2.24) is 4.98 Å². The maximum Gasteiger partial charge on any atom is 0.313 e. The van der Waals surface area contributed by atoms with Crippen LogP contribution in [0.15, 0.2) is 40.2 Å². The number of benzene rings is 1. The second-order valence-electron chi connectivity index (χ2n) is 3.23. The molecule has 5 heteroatoms. The molecule has 0 amide bonds. The Morgan fingerprint density at radius 1 is 1.38 bits per heavy atom. The number of carbonyl (C=O) groups is 1. The molecule has 1 aromatic carbocycles. The van der Waals surface area contributed by atoms with Gasteiger partial charge in [-0.15, -0.1) is 0 Å². The first-order chi connectivity index (χ1) is 7.66. The second kappa shape index (κ2) is 4.40. The zero-order valence-corrected chi connectivity index (χ0v) is 9.08. The Bertz CT molecular complexity index is 591. The fourth-order valence-corrected chi connectivity index (χ4v) is 2.06. The van der Waals surface area contributed by atoms with Crippen LogP contribution in [0, 0.1) is 0 Å². The van der Waals surface area contributed by atoms with Crippen molar-refractivity contribution in [1.29, 1.82) is 0 Å². The number of pyridine rings is 1. The molecule has 4 nitrogen and oxygen atoms in total. The Morgan fingerprint density at radius 2 is 2.12 bits per heavy atom. The molecule has 0 unspecified atom stereocenters. The first-order valence-electron chi connectivity index (χ1n) is 4.63. The first kappa shape index (κ1) is 10.8. The predicted molar refractivity (Wildman–Crippen MR) is 62.9 cm³/mol. The molecule has 0 aliphatic heterocycles. The molecule has 0 spiro atoms. The van der Waals surface area contributed by atoms with E-state index in [1.807, 2.05) is 12.1 Å². The third-order valence-electron chi connectivity index (χ3n) is 2.08. The number of carboxylic acids is 1. The largest absolute Gasteiger partial charge is 0.481 e. The number of fused-ring (bicyclic) bond motifs is 1. The van der Waals surface area contributed by atoms with Gasteiger partial charge in [0.05, 0.1) is 10.8 Å². The highest BCUT2D eigenvalue weighted by Gasteiger charge is 2.03. The van der Waals surface area contributed by atoms with Crippen LogP contribution in [0.5, 0.6) is 0 Å². The molecule has 16 heavy (non-hydrogen) atoms. The number of carboxylic acid groups (broad SMARTS) is 1. The summed E-state index contributed by atoms with van der Waals surface area (Å²) in [4.78, 5) is 24.7. The number of thioether (sulfide) groups is 1. The molecular weight excluding hydrogens is 226 g/mol. The van der Waals surface area contributed by atoms with Gasteiger partial charge < -0.3 is 10.1 Å². The first-order valence-corrected chi connectivity index (χ1v) is 5.62.